The standard InChI is InChI=1S/C16H20N4O/c1-12-18-6-7-19(12)10-13-2-4-15(5-3-13)20-11-14(9-17)8-16(20)21/h2-7,14H,8-11,17H2,1H3. The monoisotopic (exact) mass is 284 g/mol. The molecule has 1 atom stereocenters. The first kappa shape index (κ1) is 13.8. The van der Waals surface area contributed by atoms with Gasteiger partial charge in [-0.15, -0.1) is 0 Å². The molecule has 2 aromatic rings. The van der Waals surface area contributed by atoms with Crippen LogP contribution >= 0.6 is 0 Å². The first-order chi connectivity index (χ1) is 10.2. The highest BCUT2D eigenvalue weighted by Gasteiger charge is 2.29. The summed E-state index contributed by atoms with van der Waals surface area (Å²) in [7, 11) is 0. The SMILES string of the molecule is Cc1nccn1Cc1ccc(N2CC(CN)CC2=O)cc1. The molecule has 0 radical (unpaired) electrons. The Balaban J connectivity index is 1.72. The van der Waals surface area contributed by atoms with Crippen molar-refractivity contribution in [2.75, 3.05) is 18.0 Å². The van der Waals surface area contributed by atoms with E-state index in [-0.39, 0.29) is 11.8 Å². The molecule has 5 nitrogen and oxygen atoms in total. The molecule has 0 aliphatic carbocycles. The number of rotatable bonds is 4. The van der Waals surface area contributed by atoms with Crippen LogP contribution in [0, 0.1) is 12.8 Å². The van der Waals surface area contributed by atoms with Gasteiger partial charge >= 0.3 is 0 Å². The normalized spacial score (nSPS) is 18.5. The number of nitrogens with zero attached hydrogens (tertiary/aromatic N) is 3. The first-order valence-corrected chi connectivity index (χ1v) is 7.24. The Morgan fingerprint density at radius 3 is 2.67 bits per heavy atom. The molecule has 0 saturated carbocycles. The van der Waals surface area contributed by atoms with Crippen LogP contribution in [-0.4, -0.2) is 28.5 Å². The van der Waals surface area contributed by atoms with Gasteiger partial charge in [-0.05, 0) is 37.1 Å². The maximum Gasteiger partial charge on any atom is 0.227 e. The van der Waals surface area contributed by atoms with Gasteiger partial charge in [0.2, 0.25) is 5.91 Å². The molecule has 3 rings (SSSR count). The largest absolute Gasteiger partial charge is 0.331 e. The Labute approximate surface area is 124 Å². The van der Waals surface area contributed by atoms with Gasteiger partial charge in [-0.1, -0.05) is 12.1 Å². The van der Waals surface area contributed by atoms with Gasteiger partial charge in [0.1, 0.15) is 5.82 Å². The minimum Gasteiger partial charge on any atom is -0.331 e. The number of nitrogens with two attached hydrogens (primary N) is 1. The fraction of sp³-hybridized carbons (Fsp3) is 0.375. The molecule has 2 heterocycles. The minimum atomic E-state index is 0.170. The number of anilines is 1. The molecule has 110 valence electrons. The first-order valence-electron chi connectivity index (χ1n) is 7.24. The maximum atomic E-state index is 12.0. The van der Waals surface area contributed by atoms with Gasteiger partial charge in [0, 0.05) is 37.6 Å². The molecule has 1 unspecified atom stereocenters. The summed E-state index contributed by atoms with van der Waals surface area (Å²) in [6.45, 7) is 4.09. The number of carbonyl (C=O) groups is 1. The van der Waals surface area contributed by atoms with E-state index in [1.165, 1.54) is 5.56 Å². The molecule has 1 fully saturated rings. The average molecular weight is 284 g/mol. The quantitative estimate of drug-likeness (QED) is 0.926. The highest BCUT2D eigenvalue weighted by Crippen LogP contribution is 2.25. The number of benzene rings is 1. The van der Waals surface area contributed by atoms with E-state index in [2.05, 4.69) is 21.7 Å². The van der Waals surface area contributed by atoms with E-state index < -0.39 is 0 Å². The van der Waals surface area contributed by atoms with Crippen LogP contribution in [0.15, 0.2) is 36.7 Å². The summed E-state index contributed by atoms with van der Waals surface area (Å²) in [6, 6.07) is 8.16. The molecule has 0 spiro atoms. The molecule has 21 heavy (non-hydrogen) atoms. The molecule has 1 aromatic carbocycles. The third-order valence-electron chi connectivity index (χ3n) is 4.06. The van der Waals surface area contributed by atoms with Crippen LogP contribution in [-0.2, 0) is 11.3 Å². The maximum absolute atomic E-state index is 12.0. The van der Waals surface area contributed by atoms with E-state index in [1.54, 1.807) is 6.20 Å². The van der Waals surface area contributed by atoms with Crippen LogP contribution in [0.5, 0.6) is 0 Å². The second kappa shape index (κ2) is 5.69. The Morgan fingerprint density at radius 1 is 1.33 bits per heavy atom. The lowest BCUT2D eigenvalue weighted by atomic mass is 10.1. The third kappa shape index (κ3) is 2.83. The van der Waals surface area contributed by atoms with Crippen molar-refractivity contribution >= 4 is 11.6 Å². The van der Waals surface area contributed by atoms with Gasteiger partial charge in [-0.2, -0.15) is 0 Å². The smallest absolute Gasteiger partial charge is 0.227 e. The molecule has 2 N–H and O–H groups in total. The molecular formula is C16H20N4O. The summed E-state index contributed by atoms with van der Waals surface area (Å²) >= 11 is 0. The van der Waals surface area contributed by atoms with Gasteiger partial charge in [0.15, 0.2) is 0 Å². The van der Waals surface area contributed by atoms with Crippen LogP contribution in [0.25, 0.3) is 0 Å². The Bertz CT molecular complexity index is 632. The predicted octanol–water partition coefficient (Wildman–Crippen LogP) is 1.55. The number of hydrogen-bond donors (Lipinski definition) is 1. The van der Waals surface area contributed by atoms with Crippen molar-refractivity contribution < 1.29 is 4.79 Å². The summed E-state index contributed by atoms with van der Waals surface area (Å²) in [5.74, 6) is 1.45. The van der Waals surface area contributed by atoms with Crippen molar-refractivity contribution in [1.29, 1.82) is 0 Å². The highest BCUT2D eigenvalue weighted by molar-refractivity contribution is 5.95. The molecule has 0 bridgehead atoms. The van der Waals surface area contributed by atoms with Gasteiger partial charge in [-0.25, -0.2) is 4.98 Å². The molecule has 1 aliphatic heterocycles. The summed E-state index contributed by atoms with van der Waals surface area (Å²) in [4.78, 5) is 18.0. The van der Waals surface area contributed by atoms with Crippen LogP contribution < -0.4 is 10.6 Å². The minimum absolute atomic E-state index is 0.170. The Kier molecular flexibility index (Phi) is 3.75. The fourth-order valence-corrected chi connectivity index (χ4v) is 2.74. The summed E-state index contributed by atoms with van der Waals surface area (Å²) in [5, 5.41) is 0. The molecule has 1 amide bonds. The topological polar surface area (TPSA) is 64.2 Å². The van der Waals surface area contributed by atoms with Crippen molar-refractivity contribution in [2.45, 2.75) is 19.9 Å². The van der Waals surface area contributed by atoms with Crippen molar-refractivity contribution in [3.63, 3.8) is 0 Å². The zero-order valence-electron chi connectivity index (χ0n) is 12.2. The predicted molar refractivity (Wildman–Crippen MR) is 82.0 cm³/mol. The second-order valence-electron chi connectivity index (χ2n) is 5.58. The molecule has 1 saturated heterocycles. The van der Waals surface area contributed by atoms with E-state index in [0.29, 0.717) is 13.0 Å². The summed E-state index contributed by atoms with van der Waals surface area (Å²) < 4.78 is 2.10. The molecule has 1 aromatic heterocycles. The van der Waals surface area contributed by atoms with Crippen molar-refractivity contribution in [2.24, 2.45) is 11.7 Å². The molecule has 5 heteroatoms. The number of aryl methyl sites for hydroxylation is 1. The molecular weight excluding hydrogens is 264 g/mol. The van der Waals surface area contributed by atoms with Crippen molar-refractivity contribution in [1.82, 2.24) is 9.55 Å². The Hall–Kier alpha value is -2.14. The number of carbonyl (C=O) groups excluding carboxylic acids is 1. The zero-order valence-corrected chi connectivity index (χ0v) is 12.2. The zero-order chi connectivity index (χ0) is 14.8. The summed E-state index contributed by atoms with van der Waals surface area (Å²) in [6.07, 6.45) is 4.34. The van der Waals surface area contributed by atoms with E-state index in [4.69, 9.17) is 5.73 Å². The van der Waals surface area contributed by atoms with Crippen LogP contribution in [0.4, 0.5) is 5.69 Å². The number of hydrogen-bond acceptors (Lipinski definition) is 3. The average Bonchev–Trinajstić information content (AvgIpc) is 3.06. The molecule has 1 aliphatic rings. The third-order valence-corrected chi connectivity index (χ3v) is 4.06. The fourth-order valence-electron chi connectivity index (χ4n) is 2.74. The van der Waals surface area contributed by atoms with Gasteiger partial charge in [0.25, 0.3) is 0 Å². The van der Waals surface area contributed by atoms with Crippen LogP contribution in [0.2, 0.25) is 0 Å². The summed E-state index contributed by atoms with van der Waals surface area (Å²) in [5.41, 5.74) is 7.82. The van der Waals surface area contributed by atoms with E-state index >= 15 is 0 Å². The van der Waals surface area contributed by atoms with E-state index in [9.17, 15) is 4.79 Å². The van der Waals surface area contributed by atoms with E-state index in [0.717, 1.165) is 24.6 Å². The highest BCUT2D eigenvalue weighted by atomic mass is 16.2. The Morgan fingerprint density at radius 2 is 2.10 bits per heavy atom. The van der Waals surface area contributed by atoms with Gasteiger partial charge in [0.05, 0.1) is 0 Å². The second-order valence-corrected chi connectivity index (χ2v) is 5.58. The number of imidazole rings is 1. The number of amides is 1. The number of aromatic nitrogens is 2. The lowest BCUT2D eigenvalue weighted by molar-refractivity contribution is -0.117. The van der Waals surface area contributed by atoms with E-state index in [1.807, 2.05) is 30.2 Å². The lowest BCUT2D eigenvalue weighted by Crippen LogP contribution is -2.25. The van der Waals surface area contributed by atoms with Gasteiger partial charge < -0.3 is 15.2 Å². The van der Waals surface area contributed by atoms with Gasteiger partial charge in [-0.3, -0.25) is 4.79 Å². The van der Waals surface area contributed by atoms with Crippen LogP contribution in [0.3, 0.4) is 0 Å². The lowest BCUT2D eigenvalue weighted by Gasteiger charge is -2.17. The van der Waals surface area contributed by atoms with Crippen molar-refractivity contribution in [3.05, 3.63) is 48.0 Å². The van der Waals surface area contributed by atoms with Crippen LogP contribution in [0.1, 0.15) is 17.8 Å². The van der Waals surface area contributed by atoms with Crippen molar-refractivity contribution in [3.8, 4) is 0 Å².